The van der Waals surface area contributed by atoms with E-state index in [1.807, 2.05) is 6.20 Å². The van der Waals surface area contributed by atoms with E-state index in [-0.39, 0.29) is 6.04 Å². The summed E-state index contributed by atoms with van der Waals surface area (Å²) < 4.78 is 0. The Morgan fingerprint density at radius 1 is 1.00 bits per heavy atom. The normalized spacial score (nSPS) is 19.8. The van der Waals surface area contributed by atoms with Crippen molar-refractivity contribution in [1.29, 1.82) is 0 Å². The van der Waals surface area contributed by atoms with Crippen LogP contribution in [0.2, 0.25) is 0 Å². The van der Waals surface area contributed by atoms with Crippen LogP contribution in [0.4, 0.5) is 11.4 Å². The molecule has 1 saturated heterocycles. The highest BCUT2D eigenvalue weighted by atomic mass is 32.1. The maximum absolute atomic E-state index is 12.4. The van der Waals surface area contributed by atoms with Crippen molar-refractivity contribution in [2.45, 2.75) is 24.9 Å². The van der Waals surface area contributed by atoms with Gasteiger partial charge in [-0.25, -0.2) is 0 Å². The molecule has 1 N–H and O–H groups in total. The Kier molecular flexibility index (Phi) is 5.85. The minimum Gasteiger partial charge on any atom is -0.368 e. The quantitative estimate of drug-likeness (QED) is 0.398. The van der Waals surface area contributed by atoms with Gasteiger partial charge in [-0.05, 0) is 65.1 Å². The number of hydrogen-bond acceptors (Lipinski definition) is 5. The summed E-state index contributed by atoms with van der Waals surface area (Å²) in [6.07, 6.45) is 5.31. The summed E-state index contributed by atoms with van der Waals surface area (Å²) in [6, 6.07) is 19.5. The summed E-state index contributed by atoms with van der Waals surface area (Å²) in [6.45, 7) is 5.11. The molecule has 4 heterocycles. The third-order valence-electron chi connectivity index (χ3n) is 7.48. The molecule has 2 aromatic heterocycles. The summed E-state index contributed by atoms with van der Waals surface area (Å²) >= 11 is 1.66. The van der Waals surface area contributed by atoms with Crippen LogP contribution in [0.25, 0.3) is 10.9 Å². The smallest absolute Gasteiger partial charge is 0.147 e. The molecule has 2 aromatic carbocycles. The monoisotopic (exact) mass is 470 g/mol. The topological polar surface area (TPSA) is 42.6 Å². The zero-order chi connectivity index (χ0) is 22.9. The number of nitrogens with one attached hydrogen (secondary N) is 1. The molecule has 6 heteroatoms. The van der Waals surface area contributed by atoms with Crippen molar-refractivity contribution in [2.75, 3.05) is 42.5 Å². The van der Waals surface area contributed by atoms with E-state index in [1.165, 1.54) is 27.8 Å². The molecule has 0 bridgehead atoms. The van der Waals surface area contributed by atoms with Gasteiger partial charge in [-0.3, -0.25) is 4.90 Å². The van der Waals surface area contributed by atoms with E-state index in [4.69, 9.17) is 0 Å². The fourth-order valence-corrected chi connectivity index (χ4v) is 6.44. The average molecular weight is 471 g/mol. The molecular formula is C28H30N4OS. The number of carbonyl (C=O) groups is 1. The molecule has 174 valence electrons. The highest BCUT2D eigenvalue weighted by Crippen LogP contribution is 2.37. The van der Waals surface area contributed by atoms with Gasteiger partial charge < -0.3 is 19.6 Å². The van der Waals surface area contributed by atoms with Gasteiger partial charge in [0.2, 0.25) is 0 Å². The summed E-state index contributed by atoms with van der Waals surface area (Å²) in [5.41, 5.74) is 6.20. The number of aromatic amines is 1. The van der Waals surface area contributed by atoms with Crippen LogP contribution < -0.4 is 9.80 Å². The van der Waals surface area contributed by atoms with Crippen molar-refractivity contribution in [3.8, 4) is 0 Å². The first-order chi connectivity index (χ1) is 16.8. The third-order valence-corrected chi connectivity index (χ3v) is 8.18. The fraction of sp³-hybridized carbons (Fsp3) is 0.321. The number of aryl methyl sites for hydroxylation is 1. The zero-order valence-electron chi connectivity index (χ0n) is 19.3. The fourth-order valence-electron chi connectivity index (χ4n) is 5.75. The number of para-hydroxylation sites is 1. The summed E-state index contributed by atoms with van der Waals surface area (Å²) in [5.74, 6) is 0. The molecule has 2 aliphatic heterocycles. The lowest BCUT2D eigenvalue weighted by atomic mass is 9.92. The van der Waals surface area contributed by atoms with Gasteiger partial charge in [0.15, 0.2) is 0 Å². The number of benzene rings is 2. The van der Waals surface area contributed by atoms with Crippen LogP contribution in [0, 0.1) is 0 Å². The van der Waals surface area contributed by atoms with Crippen LogP contribution in [0.1, 0.15) is 23.6 Å². The Morgan fingerprint density at radius 3 is 2.68 bits per heavy atom. The Bertz CT molecular complexity index is 1260. The molecule has 1 fully saturated rings. The third kappa shape index (κ3) is 3.91. The van der Waals surface area contributed by atoms with Crippen LogP contribution in [0.3, 0.4) is 0 Å². The number of aromatic nitrogens is 1. The Morgan fingerprint density at radius 2 is 1.85 bits per heavy atom. The molecule has 0 saturated carbocycles. The zero-order valence-corrected chi connectivity index (χ0v) is 20.1. The van der Waals surface area contributed by atoms with Crippen molar-refractivity contribution < 1.29 is 4.79 Å². The van der Waals surface area contributed by atoms with E-state index in [2.05, 4.69) is 85.0 Å². The lowest BCUT2D eigenvalue weighted by molar-refractivity contribution is -0.109. The molecule has 2 unspecified atom stereocenters. The molecule has 0 aliphatic carbocycles. The van der Waals surface area contributed by atoms with E-state index >= 15 is 0 Å². The van der Waals surface area contributed by atoms with Gasteiger partial charge in [0.25, 0.3) is 0 Å². The average Bonchev–Trinajstić information content (AvgIpc) is 3.58. The van der Waals surface area contributed by atoms with Crippen LogP contribution in [0.15, 0.2) is 71.6 Å². The molecular weight excluding hydrogens is 440 g/mol. The second-order valence-electron chi connectivity index (χ2n) is 9.37. The first-order valence-electron chi connectivity index (χ1n) is 12.2. The van der Waals surface area contributed by atoms with Crippen molar-refractivity contribution in [2.24, 2.45) is 0 Å². The van der Waals surface area contributed by atoms with Gasteiger partial charge in [0.05, 0.1) is 0 Å². The van der Waals surface area contributed by atoms with Crippen molar-refractivity contribution in [3.63, 3.8) is 0 Å². The van der Waals surface area contributed by atoms with Gasteiger partial charge in [0.1, 0.15) is 12.3 Å². The number of H-pyrrole nitrogens is 1. The number of anilines is 2. The second-order valence-corrected chi connectivity index (χ2v) is 10.1. The van der Waals surface area contributed by atoms with Gasteiger partial charge >= 0.3 is 0 Å². The first kappa shape index (κ1) is 21.4. The van der Waals surface area contributed by atoms with E-state index in [1.54, 1.807) is 11.3 Å². The second kappa shape index (κ2) is 9.28. The first-order valence-corrected chi connectivity index (χ1v) is 13.1. The molecule has 2 aliphatic rings. The predicted octanol–water partition coefficient (Wildman–Crippen LogP) is 5.11. The standard InChI is InChI=1S/C28H30N4OS/c33-19-28(22-11-17-34-20-22)32-23(9-8-21-4-1-2-6-26(21)32)18-30-13-15-31(16-14-30)27-7-3-5-25-24(27)10-12-29-25/h1-7,10-12,17,19-20,23,28-29H,8-9,13-16,18H2. The summed E-state index contributed by atoms with van der Waals surface area (Å²) in [7, 11) is 0. The number of piperazine rings is 1. The largest absolute Gasteiger partial charge is 0.368 e. The molecule has 0 spiro atoms. The Hall–Kier alpha value is -3.09. The van der Waals surface area contributed by atoms with Crippen molar-refractivity contribution >= 4 is 39.9 Å². The number of carbonyl (C=O) groups excluding carboxylic acids is 1. The Labute approximate surface area is 204 Å². The van der Waals surface area contributed by atoms with Crippen LogP contribution in [-0.4, -0.2) is 54.9 Å². The minimum absolute atomic E-state index is 0.231. The maximum atomic E-state index is 12.4. The Balaban J connectivity index is 1.20. The van der Waals surface area contributed by atoms with Gasteiger partial charge in [0, 0.05) is 67.2 Å². The van der Waals surface area contributed by atoms with E-state index in [0.29, 0.717) is 6.04 Å². The number of fused-ring (bicyclic) bond motifs is 2. The number of hydrogen-bond donors (Lipinski definition) is 1. The molecule has 34 heavy (non-hydrogen) atoms. The molecule has 0 amide bonds. The van der Waals surface area contributed by atoms with E-state index < -0.39 is 0 Å². The summed E-state index contributed by atoms with van der Waals surface area (Å²) in [4.78, 5) is 23.2. The van der Waals surface area contributed by atoms with Crippen LogP contribution >= 0.6 is 11.3 Å². The molecule has 6 rings (SSSR count). The highest BCUT2D eigenvalue weighted by Gasteiger charge is 2.34. The number of thiophene rings is 1. The lowest BCUT2D eigenvalue weighted by Crippen LogP contribution is -2.53. The highest BCUT2D eigenvalue weighted by molar-refractivity contribution is 7.08. The SMILES string of the molecule is O=CC(c1ccsc1)N1c2ccccc2CCC1CN1CCN(c2cccc3[nH]ccc23)CC1. The van der Waals surface area contributed by atoms with Gasteiger partial charge in [-0.15, -0.1) is 0 Å². The number of rotatable bonds is 6. The van der Waals surface area contributed by atoms with Crippen LogP contribution in [0.5, 0.6) is 0 Å². The van der Waals surface area contributed by atoms with Gasteiger partial charge in [-0.1, -0.05) is 24.3 Å². The maximum Gasteiger partial charge on any atom is 0.147 e. The molecule has 0 radical (unpaired) electrons. The molecule has 4 aromatic rings. The molecule has 2 atom stereocenters. The van der Waals surface area contributed by atoms with Crippen molar-refractivity contribution in [1.82, 2.24) is 9.88 Å². The minimum atomic E-state index is -0.231. The van der Waals surface area contributed by atoms with Crippen LogP contribution in [-0.2, 0) is 11.2 Å². The van der Waals surface area contributed by atoms with Crippen molar-refractivity contribution in [3.05, 3.63) is 82.7 Å². The predicted molar refractivity (Wildman–Crippen MR) is 141 cm³/mol. The number of nitrogens with zero attached hydrogens (tertiary/aromatic N) is 3. The number of aldehydes is 1. The molecule has 5 nitrogen and oxygen atoms in total. The van der Waals surface area contributed by atoms with E-state index in [0.717, 1.165) is 57.4 Å². The summed E-state index contributed by atoms with van der Waals surface area (Å²) in [5, 5.41) is 5.49. The van der Waals surface area contributed by atoms with Gasteiger partial charge in [-0.2, -0.15) is 11.3 Å². The lowest BCUT2D eigenvalue weighted by Gasteiger charge is -2.45. The van der Waals surface area contributed by atoms with E-state index in [9.17, 15) is 4.79 Å².